The highest BCUT2D eigenvalue weighted by molar-refractivity contribution is 6.31. The second-order valence-corrected chi connectivity index (χ2v) is 7.24. The first kappa shape index (κ1) is 22.7. The lowest BCUT2D eigenvalue weighted by atomic mass is 10.2. The van der Waals surface area contributed by atoms with Crippen molar-refractivity contribution in [3.63, 3.8) is 0 Å². The van der Waals surface area contributed by atoms with Crippen molar-refractivity contribution in [2.75, 3.05) is 26.2 Å². The van der Waals surface area contributed by atoms with Crippen molar-refractivity contribution in [3.8, 4) is 0 Å². The molecular weight excluding hydrogens is 398 g/mol. The predicted octanol–water partition coefficient (Wildman–Crippen LogP) is 1.36. The molecule has 1 aliphatic rings. The number of carbonyl (C=O) groups is 4. The van der Waals surface area contributed by atoms with Gasteiger partial charge in [0.2, 0.25) is 11.8 Å². The van der Waals surface area contributed by atoms with E-state index in [0.29, 0.717) is 31.2 Å². The zero-order valence-electron chi connectivity index (χ0n) is 16.7. The minimum Gasteiger partial charge on any atom is -0.453 e. The summed E-state index contributed by atoms with van der Waals surface area (Å²) in [5, 5.41) is 3.21. The molecule has 9 heteroatoms. The molecule has 1 fully saturated rings. The summed E-state index contributed by atoms with van der Waals surface area (Å²) in [6.45, 7) is 5.10. The van der Waals surface area contributed by atoms with Crippen LogP contribution in [0, 0.1) is 0 Å². The number of esters is 1. The maximum Gasteiger partial charge on any atom is 0.307 e. The van der Waals surface area contributed by atoms with Gasteiger partial charge in [-0.15, -0.1) is 0 Å². The fraction of sp³-hybridized carbons (Fsp3) is 0.500. The van der Waals surface area contributed by atoms with Crippen molar-refractivity contribution in [3.05, 3.63) is 34.9 Å². The Morgan fingerprint density at radius 1 is 1.07 bits per heavy atom. The predicted molar refractivity (Wildman–Crippen MR) is 107 cm³/mol. The summed E-state index contributed by atoms with van der Waals surface area (Å²) in [4.78, 5) is 50.9. The minimum absolute atomic E-state index is 0.00681. The van der Waals surface area contributed by atoms with Crippen LogP contribution in [0.1, 0.15) is 32.3 Å². The third kappa shape index (κ3) is 7.05. The number of carbonyl (C=O) groups excluding carboxylic acids is 4. The first-order chi connectivity index (χ1) is 13.8. The van der Waals surface area contributed by atoms with Gasteiger partial charge in [-0.05, 0) is 18.6 Å². The molecule has 1 aliphatic heterocycles. The summed E-state index contributed by atoms with van der Waals surface area (Å²) in [5.74, 6) is -1.23. The minimum atomic E-state index is -0.973. The molecule has 1 aromatic carbocycles. The quantitative estimate of drug-likeness (QED) is 0.668. The fourth-order valence-electron chi connectivity index (χ4n) is 2.92. The smallest absolute Gasteiger partial charge is 0.307 e. The normalized spacial score (nSPS) is 14.9. The molecule has 8 nitrogen and oxygen atoms in total. The Morgan fingerprint density at radius 3 is 2.31 bits per heavy atom. The van der Waals surface area contributed by atoms with Gasteiger partial charge in [0.05, 0.1) is 6.42 Å². The number of halogens is 1. The van der Waals surface area contributed by atoms with Gasteiger partial charge in [0, 0.05) is 51.1 Å². The lowest BCUT2D eigenvalue weighted by molar-refractivity contribution is -0.156. The van der Waals surface area contributed by atoms with Crippen LogP contribution in [0.4, 0.5) is 0 Å². The number of ether oxygens (including phenoxy) is 1. The molecule has 3 amide bonds. The summed E-state index contributed by atoms with van der Waals surface area (Å²) >= 11 is 6.04. The number of hydrogen-bond donors (Lipinski definition) is 1. The monoisotopic (exact) mass is 423 g/mol. The van der Waals surface area contributed by atoms with E-state index in [2.05, 4.69) is 5.32 Å². The molecule has 1 aromatic rings. The van der Waals surface area contributed by atoms with Crippen LogP contribution in [0.3, 0.4) is 0 Å². The molecule has 0 spiro atoms. The Hall–Kier alpha value is -2.61. The van der Waals surface area contributed by atoms with Crippen LogP contribution in [0.15, 0.2) is 24.3 Å². The molecule has 0 aromatic heterocycles. The van der Waals surface area contributed by atoms with Crippen LogP contribution in [-0.2, 0) is 30.5 Å². The number of nitrogens with one attached hydrogen (secondary N) is 1. The molecule has 1 saturated heterocycles. The number of amides is 3. The molecular formula is C20H26ClN3O5. The van der Waals surface area contributed by atoms with Crippen LogP contribution in [0.25, 0.3) is 0 Å². The maximum absolute atomic E-state index is 12.2. The zero-order chi connectivity index (χ0) is 21.4. The molecule has 1 N–H and O–H groups in total. The Bertz CT molecular complexity index is 762. The average molecular weight is 424 g/mol. The van der Waals surface area contributed by atoms with E-state index in [1.807, 2.05) is 6.07 Å². The highest BCUT2D eigenvalue weighted by Gasteiger charge is 2.24. The topological polar surface area (TPSA) is 96.0 Å². The summed E-state index contributed by atoms with van der Waals surface area (Å²) in [7, 11) is 0. The van der Waals surface area contributed by atoms with Crippen molar-refractivity contribution in [2.24, 2.45) is 0 Å². The van der Waals surface area contributed by atoms with Crippen LogP contribution in [0.2, 0.25) is 5.02 Å². The number of hydrogen-bond acceptors (Lipinski definition) is 5. The summed E-state index contributed by atoms with van der Waals surface area (Å²) < 4.78 is 5.11. The zero-order valence-corrected chi connectivity index (χ0v) is 17.4. The van der Waals surface area contributed by atoms with E-state index in [-0.39, 0.29) is 31.2 Å². The van der Waals surface area contributed by atoms with E-state index in [4.69, 9.17) is 16.3 Å². The second kappa shape index (κ2) is 10.8. The molecule has 29 heavy (non-hydrogen) atoms. The molecule has 0 bridgehead atoms. The first-order valence-corrected chi connectivity index (χ1v) is 9.89. The van der Waals surface area contributed by atoms with Gasteiger partial charge in [-0.25, -0.2) is 0 Å². The summed E-state index contributed by atoms with van der Waals surface area (Å²) in [5.41, 5.74) is 0.761. The number of nitrogens with zero attached hydrogens (tertiary/aromatic N) is 2. The average Bonchev–Trinajstić information content (AvgIpc) is 2.71. The molecule has 158 valence electrons. The number of benzene rings is 1. The third-order valence-corrected chi connectivity index (χ3v) is 5.08. The molecule has 2 rings (SSSR count). The second-order valence-electron chi connectivity index (χ2n) is 6.83. The van der Waals surface area contributed by atoms with E-state index in [9.17, 15) is 19.2 Å². The van der Waals surface area contributed by atoms with Crippen LogP contribution in [-0.4, -0.2) is 65.8 Å². The lowest BCUT2D eigenvalue weighted by Gasteiger charge is -2.34. The third-order valence-electron chi connectivity index (χ3n) is 4.71. The van der Waals surface area contributed by atoms with E-state index in [1.54, 1.807) is 28.0 Å². The highest BCUT2D eigenvalue weighted by atomic mass is 35.5. The highest BCUT2D eigenvalue weighted by Crippen LogP contribution is 2.14. The van der Waals surface area contributed by atoms with Gasteiger partial charge in [-0.1, -0.05) is 29.8 Å². The van der Waals surface area contributed by atoms with Crippen molar-refractivity contribution in [1.82, 2.24) is 15.1 Å². The number of piperazine rings is 1. The van der Waals surface area contributed by atoms with E-state index in [0.717, 1.165) is 5.56 Å². The van der Waals surface area contributed by atoms with Gasteiger partial charge < -0.3 is 19.9 Å². The van der Waals surface area contributed by atoms with Gasteiger partial charge in [0.15, 0.2) is 6.10 Å². The van der Waals surface area contributed by atoms with Gasteiger partial charge in [-0.3, -0.25) is 19.2 Å². The Kier molecular flexibility index (Phi) is 8.45. The van der Waals surface area contributed by atoms with Crippen molar-refractivity contribution >= 4 is 35.3 Å². The Balaban J connectivity index is 1.68. The maximum atomic E-state index is 12.2. The van der Waals surface area contributed by atoms with Gasteiger partial charge in [0.25, 0.3) is 5.91 Å². The molecule has 0 radical (unpaired) electrons. The van der Waals surface area contributed by atoms with Crippen molar-refractivity contribution in [1.29, 1.82) is 0 Å². The Morgan fingerprint density at radius 2 is 1.69 bits per heavy atom. The van der Waals surface area contributed by atoms with Crippen molar-refractivity contribution in [2.45, 2.75) is 39.3 Å². The molecule has 1 heterocycles. The first-order valence-electron chi connectivity index (χ1n) is 9.52. The molecule has 0 aliphatic carbocycles. The molecule has 1 atom stereocenters. The lowest BCUT2D eigenvalue weighted by Crippen LogP contribution is -2.50. The van der Waals surface area contributed by atoms with Gasteiger partial charge >= 0.3 is 5.97 Å². The summed E-state index contributed by atoms with van der Waals surface area (Å²) in [6.07, 6.45) is -1.07. The standard InChI is InChI=1S/C20H26ClN3O5/c1-14(20(28)22-13-16-5-3-4-6-17(16)21)29-19(27)8-7-18(26)24-11-9-23(10-12-24)15(2)25/h3-6,14H,7-13H2,1-2H3,(H,22,28)/t14-/m1/s1. The van der Waals surface area contributed by atoms with Crippen LogP contribution in [0.5, 0.6) is 0 Å². The number of rotatable bonds is 7. The van der Waals surface area contributed by atoms with Crippen LogP contribution >= 0.6 is 11.6 Å². The van der Waals surface area contributed by atoms with Crippen LogP contribution < -0.4 is 5.32 Å². The largest absolute Gasteiger partial charge is 0.453 e. The van der Waals surface area contributed by atoms with E-state index >= 15 is 0 Å². The van der Waals surface area contributed by atoms with E-state index in [1.165, 1.54) is 13.8 Å². The Labute approximate surface area is 175 Å². The molecule has 0 unspecified atom stereocenters. The molecule has 0 saturated carbocycles. The summed E-state index contributed by atoms with van der Waals surface area (Å²) in [6, 6.07) is 7.13. The fourth-order valence-corrected chi connectivity index (χ4v) is 3.12. The SMILES string of the molecule is CC(=O)N1CCN(C(=O)CCC(=O)O[C@H](C)C(=O)NCc2ccccc2Cl)CC1. The van der Waals surface area contributed by atoms with E-state index < -0.39 is 18.0 Å². The van der Waals surface area contributed by atoms with Crippen molar-refractivity contribution < 1.29 is 23.9 Å². The van der Waals surface area contributed by atoms with Gasteiger partial charge in [-0.2, -0.15) is 0 Å². The van der Waals surface area contributed by atoms with Gasteiger partial charge in [0.1, 0.15) is 0 Å².